The molecule has 1 fully saturated rings. The van der Waals surface area contributed by atoms with Gasteiger partial charge in [0.25, 0.3) is 5.91 Å². The van der Waals surface area contributed by atoms with Crippen molar-refractivity contribution < 1.29 is 14.7 Å². The summed E-state index contributed by atoms with van der Waals surface area (Å²) in [4.78, 5) is 34.9. The number of aliphatic carboxylic acids is 1. The van der Waals surface area contributed by atoms with E-state index in [1.54, 1.807) is 12.1 Å². The minimum atomic E-state index is -1.04. The monoisotopic (exact) mass is 575 g/mol. The van der Waals surface area contributed by atoms with Gasteiger partial charge >= 0.3 is 5.97 Å². The highest BCUT2D eigenvalue weighted by Crippen LogP contribution is 2.37. The molecule has 0 aliphatic heterocycles. The molecule has 8 heteroatoms. The first-order valence-electron chi connectivity index (χ1n) is 15.2. The molecule has 2 aromatic heterocycles. The maximum absolute atomic E-state index is 13.1. The van der Waals surface area contributed by atoms with Gasteiger partial charge in [-0.25, -0.2) is 14.8 Å². The molecule has 220 valence electrons. The van der Waals surface area contributed by atoms with Gasteiger partial charge in [0.1, 0.15) is 11.9 Å². The highest BCUT2D eigenvalue weighted by Gasteiger charge is 2.25. The second-order valence-corrected chi connectivity index (χ2v) is 11.4. The van der Waals surface area contributed by atoms with Crippen molar-refractivity contribution in [3.63, 3.8) is 0 Å². The predicted octanol–water partition coefficient (Wildman–Crippen LogP) is 6.74. The average Bonchev–Trinajstić information content (AvgIpc) is 3.43. The van der Waals surface area contributed by atoms with Crippen LogP contribution < -0.4 is 11.1 Å². The molecule has 4 N–H and O–H groups in total. The lowest BCUT2D eigenvalue weighted by molar-refractivity contribution is -0.139. The number of unbranched alkanes of at least 4 members (excludes halogenated alkanes) is 1. The standard InChI is InChI=1S/C35H37N5O3/c36-20-8-7-13-30(35(42)43)39-34(41)26-16-19-32-31(22-26)38-33(40(32)27-11-5-2-6-12-27)25-15-18-29-24(21-25)14-17-28(37-29)23-9-3-1-4-10-23/h1,3-4,9-10,14-19,21-22,27,30H,2,5-8,11-13,20,36H2,(H,39,41)(H,42,43). The number of hydrogen-bond donors (Lipinski definition) is 3. The van der Waals surface area contributed by atoms with Crippen LogP contribution in [0.15, 0.2) is 78.9 Å². The van der Waals surface area contributed by atoms with Crippen LogP contribution in [0.4, 0.5) is 0 Å². The van der Waals surface area contributed by atoms with Crippen molar-refractivity contribution in [2.45, 2.75) is 63.5 Å². The van der Waals surface area contributed by atoms with E-state index in [0.29, 0.717) is 37.4 Å². The van der Waals surface area contributed by atoms with Crippen molar-refractivity contribution in [1.29, 1.82) is 0 Å². The van der Waals surface area contributed by atoms with Crippen LogP contribution in [-0.2, 0) is 4.79 Å². The van der Waals surface area contributed by atoms with Crippen molar-refractivity contribution >= 4 is 33.8 Å². The molecular formula is C35H37N5O3. The van der Waals surface area contributed by atoms with Gasteiger partial charge in [-0.1, -0.05) is 55.7 Å². The lowest BCUT2D eigenvalue weighted by atomic mass is 9.94. The Morgan fingerprint density at radius 2 is 1.70 bits per heavy atom. The Kier molecular flexibility index (Phi) is 8.47. The molecular weight excluding hydrogens is 538 g/mol. The molecule has 0 spiro atoms. The van der Waals surface area contributed by atoms with Gasteiger partial charge in [0.15, 0.2) is 0 Å². The van der Waals surface area contributed by atoms with Gasteiger partial charge in [0, 0.05) is 28.1 Å². The third-order valence-corrected chi connectivity index (χ3v) is 8.46. The first-order chi connectivity index (χ1) is 21.0. The number of nitrogens with two attached hydrogens (primary N) is 1. The van der Waals surface area contributed by atoms with E-state index in [9.17, 15) is 14.7 Å². The number of fused-ring (bicyclic) bond motifs is 2. The van der Waals surface area contributed by atoms with Gasteiger partial charge in [-0.2, -0.15) is 0 Å². The number of carbonyl (C=O) groups is 2. The van der Waals surface area contributed by atoms with E-state index < -0.39 is 17.9 Å². The van der Waals surface area contributed by atoms with Crippen molar-refractivity contribution in [2.24, 2.45) is 5.73 Å². The van der Waals surface area contributed by atoms with Gasteiger partial charge in [0.05, 0.1) is 22.2 Å². The van der Waals surface area contributed by atoms with Crippen LogP contribution in [0.5, 0.6) is 0 Å². The fourth-order valence-electron chi connectivity index (χ4n) is 6.18. The number of nitrogens with one attached hydrogen (secondary N) is 1. The highest BCUT2D eigenvalue weighted by atomic mass is 16.4. The van der Waals surface area contributed by atoms with E-state index >= 15 is 0 Å². The number of carboxylic acids is 1. The maximum atomic E-state index is 13.1. The Labute approximate surface area is 251 Å². The largest absolute Gasteiger partial charge is 0.480 e. The van der Waals surface area contributed by atoms with Crippen molar-refractivity contribution in [2.75, 3.05) is 6.54 Å². The molecule has 1 unspecified atom stereocenters. The van der Waals surface area contributed by atoms with Crippen molar-refractivity contribution in [3.05, 3.63) is 84.4 Å². The molecule has 1 amide bonds. The number of pyridine rings is 1. The molecule has 6 rings (SSSR count). The normalized spacial score (nSPS) is 14.6. The SMILES string of the molecule is NCCCCC(NC(=O)c1ccc2c(c1)nc(-c1ccc3nc(-c4ccccc4)ccc3c1)n2C1CCCCC1)C(=O)O. The van der Waals surface area contributed by atoms with Crippen LogP contribution in [0.2, 0.25) is 0 Å². The Hall–Kier alpha value is -4.56. The Bertz CT molecular complexity index is 1760. The molecule has 8 nitrogen and oxygen atoms in total. The van der Waals surface area contributed by atoms with E-state index in [2.05, 4.69) is 52.3 Å². The summed E-state index contributed by atoms with van der Waals surface area (Å²) < 4.78 is 2.34. The molecule has 0 radical (unpaired) electrons. The number of aromatic nitrogens is 3. The van der Waals surface area contributed by atoms with Gasteiger partial charge in [0.2, 0.25) is 0 Å². The number of hydrogen-bond acceptors (Lipinski definition) is 5. The number of carboxylic acid groups (broad SMARTS) is 1. The van der Waals surface area contributed by atoms with E-state index in [1.807, 2.05) is 24.3 Å². The summed E-state index contributed by atoms with van der Waals surface area (Å²) in [6.45, 7) is 0.491. The molecule has 43 heavy (non-hydrogen) atoms. The molecule has 1 aliphatic carbocycles. The summed E-state index contributed by atoms with van der Waals surface area (Å²) in [6.07, 6.45) is 7.44. The maximum Gasteiger partial charge on any atom is 0.326 e. The lowest BCUT2D eigenvalue weighted by Gasteiger charge is -2.25. The van der Waals surface area contributed by atoms with Crippen molar-refractivity contribution in [1.82, 2.24) is 19.9 Å². The number of nitrogens with zero attached hydrogens (tertiary/aromatic N) is 3. The zero-order valence-corrected chi connectivity index (χ0v) is 24.2. The molecule has 0 saturated heterocycles. The number of amides is 1. The second kappa shape index (κ2) is 12.8. The number of carbonyl (C=O) groups excluding carboxylic acids is 1. The van der Waals surface area contributed by atoms with Crippen LogP contribution in [-0.4, -0.2) is 44.1 Å². The summed E-state index contributed by atoms with van der Waals surface area (Å²) in [6, 6.07) is 25.5. The minimum Gasteiger partial charge on any atom is -0.480 e. The van der Waals surface area contributed by atoms with Crippen LogP contribution in [0, 0.1) is 0 Å². The summed E-state index contributed by atoms with van der Waals surface area (Å²) in [5.74, 6) is -0.586. The third kappa shape index (κ3) is 6.15. The summed E-state index contributed by atoms with van der Waals surface area (Å²) in [5, 5.41) is 13.4. The van der Waals surface area contributed by atoms with Crippen molar-refractivity contribution in [3.8, 4) is 22.6 Å². The number of imidazole rings is 1. The molecule has 5 aromatic rings. The topological polar surface area (TPSA) is 123 Å². The van der Waals surface area contributed by atoms with E-state index in [4.69, 9.17) is 15.7 Å². The molecule has 1 aliphatic rings. The molecule has 3 aromatic carbocycles. The molecule has 0 bridgehead atoms. The average molecular weight is 576 g/mol. The van der Waals surface area contributed by atoms with Crippen LogP contribution >= 0.6 is 0 Å². The van der Waals surface area contributed by atoms with Crippen LogP contribution in [0.1, 0.15) is 67.8 Å². The van der Waals surface area contributed by atoms with Gasteiger partial charge < -0.3 is 20.7 Å². The minimum absolute atomic E-state index is 0.321. The number of benzene rings is 3. The Balaban J connectivity index is 1.36. The summed E-state index contributed by atoms with van der Waals surface area (Å²) in [5.41, 5.74) is 11.6. The fourth-order valence-corrected chi connectivity index (χ4v) is 6.18. The molecule has 1 atom stereocenters. The van der Waals surface area contributed by atoms with Crippen LogP contribution in [0.25, 0.3) is 44.6 Å². The first-order valence-corrected chi connectivity index (χ1v) is 15.2. The van der Waals surface area contributed by atoms with E-state index in [1.165, 1.54) is 19.3 Å². The molecule has 2 heterocycles. The zero-order valence-electron chi connectivity index (χ0n) is 24.2. The zero-order chi connectivity index (χ0) is 29.8. The predicted molar refractivity (Wildman–Crippen MR) is 170 cm³/mol. The lowest BCUT2D eigenvalue weighted by Crippen LogP contribution is -2.40. The fraction of sp³-hybridized carbons (Fsp3) is 0.314. The number of rotatable bonds is 10. The van der Waals surface area contributed by atoms with E-state index in [0.717, 1.165) is 57.4 Å². The third-order valence-electron chi connectivity index (χ3n) is 8.46. The van der Waals surface area contributed by atoms with Gasteiger partial charge in [-0.05, 0) is 81.1 Å². The molecule has 1 saturated carbocycles. The Morgan fingerprint density at radius 1 is 0.884 bits per heavy atom. The smallest absolute Gasteiger partial charge is 0.326 e. The van der Waals surface area contributed by atoms with E-state index in [-0.39, 0.29) is 0 Å². The summed E-state index contributed by atoms with van der Waals surface area (Å²) in [7, 11) is 0. The van der Waals surface area contributed by atoms with Gasteiger partial charge in [-0.3, -0.25) is 4.79 Å². The van der Waals surface area contributed by atoms with Crippen LogP contribution in [0.3, 0.4) is 0 Å². The second-order valence-electron chi connectivity index (χ2n) is 11.4. The highest BCUT2D eigenvalue weighted by molar-refractivity contribution is 5.99. The summed E-state index contributed by atoms with van der Waals surface area (Å²) >= 11 is 0. The Morgan fingerprint density at radius 3 is 2.47 bits per heavy atom. The quantitative estimate of drug-likeness (QED) is 0.159. The first kappa shape index (κ1) is 28.6. The van der Waals surface area contributed by atoms with Gasteiger partial charge in [-0.15, -0.1) is 0 Å².